The van der Waals surface area contributed by atoms with Crippen LogP contribution in [0.4, 0.5) is 11.4 Å². The number of nitro benzene ring substituents is 1. The van der Waals surface area contributed by atoms with Gasteiger partial charge in [0.1, 0.15) is 15.9 Å². The summed E-state index contributed by atoms with van der Waals surface area (Å²) in [6.45, 7) is 0. The molecule has 0 aliphatic heterocycles. The minimum absolute atomic E-state index is 0.0678. The van der Waals surface area contributed by atoms with Crippen LogP contribution in [0.15, 0.2) is 18.2 Å². The van der Waals surface area contributed by atoms with Crippen molar-refractivity contribution in [2.45, 2.75) is 0 Å². The van der Waals surface area contributed by atoms with Crippen molar-refractivity contribution in [3.8, 4) is 0 Å². The number of halogens is 5. The third kappa shape index (κ3) is 3.79. The number of nitrogens with zero attached hydrogens (tertiary/aromatic N) is 2. The van der Waals surface area contributed by atoms with Crippen LogP contribution in [-0.2, 0) is 0 Å². The monoisotopic (exact) mass is 413 g/mol. The van der Waals surface area contributed by atoms with Gasteiger partial charge in [-0.2, -0.15) is 0 Å². The summed E-state index contributed by atoms with van der Waals surface area (Å²) >= 11 is 29.0. The fourth-order valence-electron chi connectivity index (χ4n) is 1.56. The number of amides is 1. The Balaban J connectivity index is 2.37. The summed E-state index contributed by atoms with van der Waals surface area (Å²) in [5.74, 6) is -0.771. The highest BCUT2D eigenvalue weighted by Gasteiger charge is 2.21. The topological polar surface area (TPSA) is 85.1 Å². The first-order valence-electron chi connectivity index (χ1n) is 5.67. The molecule has 2 aromatic rings. The third-order valence-corrected chi connectivity index (χ3v) is 4.60. The fourth-order valence-corrected chi connectivity index (χ4v) is 2.56. The molecule has 6 nitrogen and oxygen atoms in total. The van der Waals surface area contributed by atoms with Crippen molar-refractivity contribution in [1.82, 2.24) is 4.98 Å². The molecule has 0 atom stereocenters. The van der Waals surface area contributed by atoms with E-state index in [2.05, 4.69) is 10.3 Å². The first-order chi connectivity index (χ1) is 10.7. The van der Waals surface area contributed by atoms with Crippen LogP contribution in [0.5, 0.6) is 0 Å². The van der Waals surface area contributed by atoms with Crippen LogP contribution in [0, 0.1) is 10.1 Å². The van der Waals surface area contributed by atoms with Gasteiger partial charge in [-0.25, -0.2) is 4.98 Å². The number of hydrogen-bond acceptors (Lipinski definition) is 4. The molecule has 1 amide bonds. The molecule has 0 aliphatic rings. The summed E-state index contributed by atoms with van der Waals surface area (Å²) in [5.41, 5.74) is -0.523. The van der Waals surface area contributed by atoms with E-state index >= 15 is 0 Å². The Labute approximate surface area is 154 Å². The highest BCUT2D eigenvalue weighted by atomic mass is 35.5. The van der Waals surface area contributed by atoms with Gasteiger partial charge in [-0.05, 0) is 12.1 Å². The molecule has 0 saturated carbocycles. The van der Waals surface area contributed by atoms with Gasteiger partial charge in [-0.1, -0.05) is 58.0 Å². The Bertz CT molecular complexity index is 828. The van der Waals surface area contributed by atoms with Crippen LogP contribution in [0.3, 0.4) is 0 Å². The Morgan fingerprint density at radius 2 is 1.74 bits per heavy atom. The zero-order valence-electron chi connectivity index (χ0n) is 10.7. The quantitative estimate of drug-likeness (QED) is 0.407. The van der Waals surface area contributed by atoms with E-state index in [0.29, 0.717) is 0 Å². The Kier molecular flexibility index (Phi) is 5.54. The van der Waals surface area contributed by atoms with Crippen molar-refractivity contribution in [2.24, 2.45) is 0 Å². The summed E-state index contributed by atoms with van der Waals surface area (Å²) in [6, 6.07) is 3.74. The predicted molar refractivity (Wildman–Crippen MR) is 90.3 cm³/mol. The second-order valence-corrected chi connectivity index (χ2v) is 5.97. The molecule has 0 fully saturated rings. The number of hydrogen-bond donors (Lipinski definition) is 1. The molecular formula is C12H4Cl5N3O3. The molecular weight excluding hydrogens is 411 g/mol. The van der Waals surface area contributed by atoms with Crippen molar-refractivity contribution in [1.29, 1.82) is 0 Å². The Morgan fingerprint density at radius 3 is 2.35 bits per heavy atom. The summed E-state index contributed by atoms with van der Waals surface area (Å²) in [4.78, 5) is 26.1. The van der Waals surface area contributed by atoms with E-state index in [1.807, 2.05) is 0 Å². The number of anilines is 1. The largest absolute Gasteiger partial charge is 0.320 e. The Hall–Kier alpha value is -1.31. The van der Waals surface area contributed by atoms with Crippen molar-refractivity contribution < 1.29 is 9.72 Å². The number of rotatable bonds is 3. The molecule has 0 spiro atoms. The molecule has 120 valence electrons. The molecule has 0 saturated heterocycles. The van der Waals surface area contributed by atoms with Crippen LogP contribution >= 0.6 is 58.0 Å². The number of aromatic nitrogens is 1. The van der Waals surface area contributed by atoms with Crippen LogP contribution in [0.1, 0.15) is 10.5 Å². The standard InChI is InChI=1S/C12H4Cl5N3O3/c13-5-2-1-4(3-6(5)20(22)23)18-12(21)10-8(15)7(14)9(16)11(17)19-10/h1-3H,(H,18,21). The molecule has 23 heavy (non-hydrogen) atoms. The summed E-state index contributed by atoms with van der Waals surface area (Å²) < 4.78 is 0. The molecule has 0 unspecified atom stereocenters. The number of benzene rings is 1. The zero-order valence-corrected chi connectivity index (χ0v) is 14.5. The lowest BCUT2D eigenvalue weighted by atomic mass is 10.2. The predicted octanol–water partition coefficient (Wildman–Crippen LogP) is 5.51. The number of carbonyl (C=O) groups excluding carboxylic acids is 1. The van der Waals surface area contributed by atoms with E-state index in [0.717, 1.165) is 6.07 Å². The lowest BCUT2D eigenvalue weighted by molar-refractivity contribution is -0.384. The Morgan fingerprint density at radius 1 is 1.09 bits per heavy atom. The second kappa shape index (κ2) is 7.07. The third-order valence-electron chi connectivity index (χ3n) is 2.60. The lowest BCUT2D eigenvalue weighted by Gasteiger charge is -2.09. The van der Waals surface area contributed by atoms with Gasteiger partial charge in [-0.15, -0.1) is 0 Å². The molecule has 2 rings (SSSR count). The van der Waals surface area contributed by atoms with Gasteiger partial charge in [0.15, 0.2) is 0 Å². The van der Waals surface area contributed by atoms with Crippen LogP contribution in [-0.4, -0.2) is 15.8 Å². The summed E-state index contributed by atoms with van der Waals surface area (Å²) in [7, 11) is 0. The zero-order chi connectivity index (χ0) is 17.3. The van der Waals surface area contributed by atoms with Gasteiger partial charge in [0.05, 0.1) is 20.0 Å². The van der Waals surface area contributed by atoms with E-state index < -0.39 is 10.8 Å². The number of pyridine rings is 1. The maximum atomic E-state index is 12.2. The average molecular weight is 415 g/mol. The molecule has 1 aromatic carbocycles. The van der Waals surface area contributed by atoms with Gasteiger partial charge in [-0.3, -0.25) is 14.9 Å². The first-order valence-corrected chi connectivity index (χ1v) is 7.56. The molecule has 1 heterocycles. The van der Waals surface area contributed by atoms with Crippen molar-refractivity contribution >= 4 is 75.3 Å². The highest BCUT2D eigenvalue weighted by molar-refractivity contribution is 6.52. The fraction of sp³-hybridized carbons (Fsp3) is 0. The van der Waals surface area contributed by atoms with E-state index in [-0.39, 0.29) is 42.3 Å². The van der Waals surface area contributed by atoms with Crippen LogP contribution in [0.2, 0.25) is 25.2 Å². The van der Waals surface area contributed by atoms with E-state index in [1.165, 1.54) is 12.1 Å². The van der Waals surface area contributed by atoms with Gasteiger partial charge >= 0.3 is 0 Å². The molecule has 11 heteroatoms. The first kappa shape index (κ1) is 18.0. The summed E-state index contributed by atoms with van der Waals surface area (Å²) in [5, 5.41) is 12.6. The van der Waals surface area contributed by atoms with E-state index in [1.54, 1.807) is 0 Å². The molecule has 0 radical (unpaired) electrons. The summed E-state index contributed by atoms with van der Waals surface area (Å²) in [6.07, 6.45) is 0. The van der Waals surface area contributed by atoms with Crippen molar-refractivity contribution in [3.05, 3.63) is 59.3 Å². The van der Waals surface area contributed by atoms with E-state index in [9.17, 15) is 14.9 Å². The van der Waals surface area contributed by atoms with E-state index in [4.69, 9.17) is 58.0 Å². The van der Waals surface area contributed by atoms with Crippen LogP contribution in [0.25, 0.3) is 0 Å². The molecule has 1 aromatic heterocycles. The van der Waals surface area contributed by atoms with Gasteiger partial charge < -0.3 is 5.32 Å². The highest BCUT2D eigenvalue weighted by Crippen LogP contribution is 2.36. The maximum absolute atomic E-state index is 12.2. The number of nitro groups is 1. The average Bonchev–Trinajstić information content (AvgIpc) is 2.50. The second-order valence-electron chi connectivity index (χ2n) is 4.07. The SMILES string of the molecule is O=C(Nc1ccc(Cl)c([N+](=O)[O-])c1)c1nc(Cl)c(Cl)c(Cl)c1Cl. The lowest BCUT2D eigenvalue weighted by Crippen LogP contribution is -2.15. The van der Waals surface area contributed by atoms with Gasteiger partial charge in [0.2, 0.25) is 0 Å². The smallest absolute Gasteiger partial charge is 0.289 e. The normalized spacial score (nSPS) is 10.5. The number of carbonyl (C=O) groups is 1. The van der Waals surface area contributed by atoms with Gasteiger partial charge in [0, 0.05) is 11.8 Å². The van der Waals surface area contributed by atoms with Crippen LogP contribution < -0.4 is 5.32 Å². The van der Waals surface area contributed by atoms with Gasteiger partial charge in [0.25, 0.3) is 11.6 Å². The maximum Gasteiger partial charge on any atom is 0.289 e. The van der Waals surface area contributed by atoms with Crippen molar-refractivity contribution in [2.75, 3.05) is 5.32 Å². The molecule has 1 N–H and O–H groups in total. The molecule has 0 aliphatic carbocycles. The molecule has 0 bridgehead atoms. The minimum atomic E-state index is -0.771. The van der Waals surface area contributed by atoms with Crippen molar-refractivity contribution in [3.63, 3.8) is 0 Å². The minimum Gasteiger partial charge on any atom is -0.320 e. The number of nitrogens with one attached hydrogen (secondary N) is 1.